The first-order valence-corrected chi connectivity index (χ1v) is 12.4. The summed E-state index contributed by atoms with van der Waals surface area (Å²) in [4.78, 5) is 0. The lowest BCUT2D eigenvalue weighted by Crippen LogP contribution is -2.33. The molecule has 0 spiro atoms. The molecule has 0 saturated carbocycles. The van der Waals surface area contributed by atoms with Gasteiger partial charge in [-0.05, 0) is 55.6 Å². The lowest BCUT2D eigenvalue weighted by molar-refractivity contribution is 0.597. The van der Waals surface area contributed by atoms with Crippen molar-refractivity contribution in [2.75, 3.05) is 6.16 Å². The molecule has 0 atom stereocenters. The van der Waals surface area contributed by atoms with E-state index in [-0.39, 0.29) is 0 Å². The van der Waals surface area contributed by atoms with Crippen LogP contribution in [0.5, 0.6) is 0 Å². The average Bonchev–Trinajstić information content (AvgIpc) is 2.80. The number of benzene rings is 3. The minimum atomic E-state index is -1.68. The summed E-state index contributed by atoms with van der Waals surface area (Å²) in [6, 6.07) is 33.3. The van der Waals surface area contributed by atoms with Crippen LogP contribution in [-0.4, -0.2) is 20.0 Å². The van der Waals surface area contributed by atoms with Crippen LogP contribution in [0.1, 0.15) is 25.7 Å². The summed E-state index contributed by atoms with van der Waals surface area (Å²) in [6.45, 7) is 0. The van der Waals surface area contributed by atoms with Crippen LogP contribution in [0.15, 0.2) is 91.0 Å². The van der Waals surface area contributed by atoms with Gasteiger partial charge in [-0.15, -0.1) is 0 Å². The van der Waals surface area contributed by atoms with Crippen molar-refractivity contribution >= 4 is 37.1 Å². The topological polar surface area (TPSA) is 33.1 Å². The largest absolute Gasteiger partial charge is 0.556 e. The van der Waals surface area contributed by atoms with E-state index in [0.717, 1.165) is 19.1 Å². The Morgan fingerprint density at radius 1 is 0.655 bits per heavy atom. The minimum absolute atomic E-state index is 0.908. The predicted octanol–water partition coefficient (Wildman–Crippen LogP) is 5.20. The molecule has 2 nitrogen and oxygen atoms in total. The summed E-state index contributed by atoms with van der Waals surface area (Å²) >= 11 is 0. The van der Waals surface area contributed by atoms with E-state index in [1.165, 1.54) is 41.3 Å². The van der Waals surface area contributed by atoms with Crippen LogP contribution in [0.25, 0.3) is 0 Å². The molecule has 0 heterocycles. The molecule has 0 aliphatic rings. The van der Waals surface area contributed by atoms with E-state index in [1.54, 1.807) is 7.48 Å². The summed E-state index contributed by atoms with van der Waals surface area (Å²) in [5.74, 6) is 0. The predicted molar refractivity (Wildman–Crippen MR) is 129 cm³/mol. The van der Waals surface area contributed by atoms with Gasteiger partial charge in [-0.2, -0.15) is 0 Å². The van der Waals surface area contributed by atoms with Crippen molar-refractivity contribution in [3.8, 4) is 0 Å². The summed E-state index contributed by atoms with van der Waals surface area (Å²) in [5.41, 5.74) is 0. The highest BCUT2D eigenvalue weighted by Gasteiger charge is 2.44. The SMILES string of the molecule is N=CO[B]CCCCCC[P+](c1ccccc1)(c1ccccc1)c1ccccc1. The van der Waals surface area contributed by atoms with Crippen LogP contribution >= 0.6 is 7.26 Å². The molecule has 0 fully saturated rings. The maximum absolute atomic E-state index is 6.89. The number of hydrogen-bond acceptors (Lipinski definition) is 2. The van der Waals surface area contributed by atoms with Gasteiger partial charge in [-0.25, -0.2) is 0 Å². The Morgan fingerprint density at radius 2 is 1.10 bits per heavy atom. The molecule has 4 heteroatoms. The number of unbranched alkanes of at least 4 members (excludes halogenated alkanes) is 3. The Bertz CT molecular complexity index is 746. The molecule has 0 unspecified atom stereocenters. The average molecular weight is 401 g/mol. The van der Waals surface area contributed by atoms with Crippen LogP contribution < -0.4 is 15.9 Å². The minimum Gasteiger partial charge on any atom is -0.556 e. The fourth-order valence-electron chi connectivity index (χ4n) is 3.93. The maximum Gasteiger partial charge on any atom is 0.371 e. The fourth-order valence-corrected chi connectivity index (χ4v) is 8.34. The van der Waals surface area contributed by atoms with Gasteiger partial charge in [0.2, 0.25) is 0 Å². The van der Waals surface area contributed by atoms with Crippen LogP contribution in [0.4, 0.5) is 0 Å². The molecule has 3 rings (SSSR count). The van der Waals surface area contributed by atoms with E-state index >= 15 is 0 Å². The molecule has 3 aromatic rings. The van der Waals surface area contributed by atoms with Crippen molar-refractivity contribution in [2.45, 2.75) is 32.0 Å². The highest BCUT2D eigenvalue weighted by atomic mass is 31.2. The molecule has 3 aromatic carbocycles. The van der Waals surface area contributed by atoms with Crippen molar-refractivity contribution in [1.29, 1.82) is 5.41 Å². The van der Waals surface area contributed by atoms with Crippen LogP contribution in [-0.2, 0) is 4.65 Å². The molecule has 0 saturated heterocycles. The Balaban J connectivity index is 1.84. The standard InChI is InChI=1S/C25H29BNOP/c27-22-28-26-20-12-1-2-13-21-29(23-14-6-3-7-15-23,24-16-8-4-9-17-24)25-18-10-5-11-19-25/h3-11,14-19,22,27H,1-2,12-13,20-21H2/q+1. The molecular weight excluding hydrogens is 372 g/mol. The zero-order valence-electron chi connectivity index (χ0n) is 16.9. The lowest BCUT2D eigenvalue weighted by atomic mass is 9.91. The van der Waals surface area contributed by atoms with Gasteiger partial charge < -0.3 is 4.65 Å². The van der Waals surface area contributed by atoms with E-state index in [4.69, 9.17) is 10.1 Å². The molecule has 147 valence electrons. The molecule has 0 amide bonds. The number of nitrogens with one attached hydrogen (secondary N) is 1. The highest BCUT2D eigenvalue weighted by molar-refractivity contribution is 7.95. The van der Waals surface area contributed by atoms with Gasteiger partial charge in [-0.3, -0.25) is 5.41 Å². The summed E-state index contributed by atoms with van der Waals surface area (Å²) in [5, 5.41) is 11.3. The van der Waals surface area contributed by atoms with Crippen molar-refractivity contribution in [3.05, 3.63) is 91.0 Å². The molecular formula is C25H29BNOP+. The Kier molecular flexibility index (Phi) is 8.52. The first kappa shape index (κ1) is 21.3. The fraction of sp³-hybridized carbons (Fsp3) is 0.240. The van der Waals surface area contributed by atoms with Gasteiger partial charge in [0.25, 0.3) is 0 Å². The zero-order chi connectivity index (χ0) is 20.2. The van der Waals surface area contributed by atoms with Gasteiger partial charge >= 0.3 is 7.48 Å². The first-order chi connectivity index (χ1) is 14.4. The molecule has 29 heavy (non-hydrogen) atoms. The van der Waals surface area contributed by atoms with Crippen LogP contribution in [0.3, 0.4) is 0 Å². The van der Waals surface area contributed by atoms with Gasteiger partial charge in [0.05, 0.1) is 6.16 Å². The Labute approximate surface area is 176 Å². The monoisotopic (exact) mass is 401 g/mol. The third-order valence-electron chi connectivity index (χ3n) is 5.32. The maximum atomic E-state index is 6.89. The molecule has 0 aliphatic heterocycles. The molecule has 0 aliphatic carbocycles. The highest BCUT2D eigenvalue weighted by Crippen LogP contribution is 2.55. The van der Waals surface area contributed by atoms with Gasteiger partial charge in [0, 0.05) is 0 Å². The number of hydrogen-bond donors (Lipinski definition) is 1. The number of rotatable bonds is 12. The third-order valence-corrected chi connectivity index (χ3v) is 9.85. The second-order valence-corrected chi connectivity index (χ2v) is 10.8. The summed E-state index contributed by atoms with van der Waals surface area (Å²) in [6.07, 6.45) is 7.80. The lowest BCUT2D eigenvalue weighted by Gasteiger charge is -2.27. The molecule has 1 N–H and O–H groups in total. The Hall–Kier alpha value is -2.38. The Morgan fingerprint density at radius 3 is 1.55 bits per heavy atom. The van der Waals surface area contributed by atoms with Crippen molar-refractivity contribution in [3.63, 3.8) is 0 Å². The van der Waals surface area contributed by atoms with Crippen molar-refractivity contribution < 1.29 is 4.65 Å². The second-order valence-electron chi connectivity index (χ2n) is 7.16. The van der Waals surface area contributed by atoms with E-state index in [0.29, 0.717) is 0 Å². The smallest absolute Gasteiger partial charge is 0.371 e. The van der Waals surface area contributed by atoms with Gasteiger partial charge in [0.1, 0.15) is 29.6 Å². The third kappa shape index (κ3) is 5.58. The van der Waals surface area contributed by atoms with Gasteiger partial charge in [-0.1, -0.05) is 67.4 Å². The van der Waals surface area contributed by atoms with E-state index in [2.05, 4.69) is 91.0 Å². The normalized spacial score (nSPS) is 11.0. The van der Waals surface area contributed by atoms with E-state index in [9.17, 15) is 0 Å². The van der Waals surface area contributed by atoms with Crippen LogP contribution in [0.2, 0.25) is 6.32 Å². The molecule has 0 aromatic heterocycles. The molecule has 1 radical (unpaired) electrons. The second kappa shape index (κ2) is 11.6. The van der Waals surface area contributed by atoms with E-state index < -0.39 is 7.26 Å². The zero-order valence-corrected chi connectivity index (χ0v) is 17.8. The van der Waals surface area contributed by atoms with Crippen molar-refractivity contribution in [1.82, 2.24) is 0 Å². The van der Waals surface area contributed by atoms with Gasteiger partial charge in [0.15, 0.2) is 0 Å². The van der Waals surface area contributed by atoms with E-state index in [1.807, 2.05) is 0 Å². The van der Waals surface area contributed by atoms with Crippen LogP contribution in [0, 0.1) is 5.41 Å². The van der Waals surface area contributed by atoms with Crippen molar-refractivity contribution in [2.24, 2.45) is 0 Å². The molecule has 0 bridgehead atoms. The first-order valence-electron chi connectivity index (χ1n) is 10.4. The quantitative estimate of drug-likeness (QED) is 0.146. The summed E-state index contributed by atoms with van der Waals surface area (Å²) in [7, 11) is 0.0426. The summed E-state index contributed by atoms with van der Waals surface area (Å²) < 4.78 is 4.89.